The Morgan fingerprint density at radius 2 is 2.21 bits per heavy atom. The van der Waals surface area contributed by atoms with Crippen molar-refractivity contribution in [3.63, 3.8) is 0 Å². The molecule has 5 heteroatoms. The van der Waals surface area contributed by atoms with E-state index < -0.39 is 20.4 Å². The van der Waals surface area contributed by atoms with Crippen LogP contribution in [0.2, 0.25) is 0 Å². The molecule has 0 saturated carbocycles. The molecule has 0 unspecified atom stereocenters. The van der Waals surface area contributed by atoms with Gasteiger partial charge < -0.3 is 0 Å². The number of benzene rings is 1. The van der Waals surface area contributed by atoms with Crippen molar-refractivity contribution in [2.45, 2.75) is 11.4 Å². The zero-order valence-corrected chi connectivity index (χ0v) is 11.0. The summed E-state index contributed by atoms with van der Waals surface area (Å²) in [6.07, 6.45) is 0. The summed E-state index contributed by atoms with van der Waals surface area (Å²) in [4.78, 5) is 2.10. The van der Waals surface area contributed by atoms with E-state index in [4.69, 9.17) is 0 Å². The van der Waals surface area contributed by atoms with Gasteiger partial charge in [0.25, 0.3) is 0 Å². The Balaban J connectivity index is 3.03. The van der Waals surface area contributed by atoms with Gasteiger partial charge in [0.1, 0.15) is 0 Å². The fraction of sp³-hybridized carbons (Fsp3) is 0.333. The Morgan fingerprint density at radius 1 is 1.50 bits per heavy atom. The second-order valence-corrected chi connectivity index (χ2v) is 6.85. The number of hydrogen-bond donors (Lipinski definition) is 1. The number of alkyl halides is 1. The third-order valence-corrected chi connectivity index (χ3v) is 4.80. The van der Waals surface area contributed by atoms with E-state index in [9.17, 15) is 6.75 Å². The molecule has 1 rings (SSSR count). The first-order valence-corrected chi connectivity index (χ1v) is 8.78. The molecule has 0 amide bonds. The molecule has 0 spiro atoms. The molecule has 80 valence electrons. The minimum absolute atomic E-state index is 0.165. The van der Waals surface area contributed by atoms with Gasteiger partial charge in [0.05, 0.1) is 0 Å². The van der Waals surface area contributed by atoms with Gasteiger partial charge in [-0.1, -0.05) is 0 Å². The summed E-state index contributed by atoms with van der Waals surface area (Å²) in [5.41, 5.74) is 0.945. The summed E-state index contributed by atoms with van der Waals surface area (Å²) in [5, 5.41) is 2.97. The molecule has 0 bridgehead atoms. The van der Waals surface area contributed by atoms with Crippen molar-refractivity contribution in [1.29, 1.82) is 0 Å². The van der Waals surface area contributed by atoms with E-state index in [1.165, 1.54) is 0 Å². The van der Waals surface area contributed by atoms with Crippen LogP contribution in [0.1, 0.15) is 5.56 Å². The van der Waals surface area contributed by atoms with Gasteiger partial charge in [-0.05, 0) is 0 Å². The fourth-order valence-corrected chi connectivity index (χ4v) is 3.74. The molecule has 1 N–H and O–H groups in total. The van der Waals surface area contributed by atoms with E-state index in [2.05, 4.69) is 5.32 Å². The summed E-state index contributed by atoms with van der Waals surface area (Å²) < 4.78 is 26.3. The summed E-state index contributed by atoms with van der Waals surface area (Å²) in [6, 6.07) is 5.10. The van der Waals surface area contributed by atoms with E-state index in [-0.39, 0.29) is 12.1 Å². The van der Waals surface area contributed by atoms with Gasteiger partial charge in [0, 0.05) is 0 Å². The summed E-state index contributed by atoms with van der Waals surface area (Å²) in [5.74, 6) is 0. The van der Waals surface area contributed by atoms with Gasteiger partial charge in [-0.15, -0.1) is 0 Å². The van der Waals surface area contributed by atoms with Gasteiger partial charge in [-0.2, -0.15) is 0 Å². The first kappa shape index (κ1) is 12.2. The van der Waals surface area contributed by atoms with Crippen LogP contribution in [0.25, 0.3) is 0 Å². The van der Waals surface area contributed by atoms with Crippen LogP contribution in [0.4, 0.5) is 6.75 Å². The van der Waals surface area contributed by atoms with E-state index in [1.54, 1.807) is 23.1 Å². The molecule has 0 aliphatic carbocycles. The maximum absolute atomic E-state index is 13.3. The van der Waals surface area contributed by atoms with Crippen LogP contribution >= 0.6 is 32.5 Å². The van der Waals surface area contributed by atoms with Crippen LogP contribution in [0, 0.1) is 3.57 Å². The number of nitrogens with one attached hydrogen (secondary N) is 1. The second-order valence-electron chi connectivity index (χ2n) is 2.76. The summed E-state index contributed by atoms with van der Waals surface area (Å²) >= 11 is -2.36. The van der Waals surface area contributed by atoms with Crippen molar-refractivity contribution in [3.05, 3.63) is 27.3 Å². The number of rotatable bonds is 4. The van der Waals surface area contributed by atoms with Crippen LogP contribution in [0.5, 0.6) is 0 Å². The van der Waals surface area contributed by atoms with Gasteiger partial charge >= 0.3 is 95.4 Å². The van der Waals surface area contributed by atoms with Crippen molar-refractivity contribution in [1.82, 2.24) is 5.32 Å². The van der Waals surface area contributed by atoms with Gasteiger partial charge in [-0.25, -0.2) is 0 Å². The normalized spacial score (nSPS) is 11.6. The second kappa shape index (κ2) is 5.87. The summed E-state index contributed by atoms with van der Waals surface area (Å²) in [7, 11) is 1.81. The van der Waals surface area contributed by atoms with E-state index in [1.807, 2.05) is 7.05 Å². The average molecular weight is 331 g/mol. The maximum atomic E-state index is 13.3. The molecule has 1 nitrogen and oxygen atoms in total. The van der Waals surface area contributed by atoms with Crippen LogP contribution < -0.4 is 5.32 Å². The average Bonchev–Trinajstić information content (AvgIpc) is 2.18. The molecule has 0 atom stereocenters. The third kappa shape index (κ3) is 3.06. The quantitative estimate of drug-likeness (QED) is 0.669. The molecule has 0 radical (unpaired) electrons. The number of halogens is 3. The Kier molecular flexibility index (Phi) is 5.11. The van der Waals surface area contributed by atoms with Gasteiger partial charge in [-0.3, -0.25) is 0 Å². The molecular formula is C9H12F2INS. The van der Waals surface area contributed by atoms with Crippen LogP contribution in [0.3, 0.4) is 0 Å². The van der Waals surface area contributed by atoms with Crippen molar-refractivity contribution >= 4 is 32.5 Å². The third-order valence-electron chi connectivity index (χ3n) is 1.76. The SMILES string of the molecule is CNCc1ccc(SF)cc1I(C)F. The van der Waals surface area contributed by atoms with Crippen molar-refractivity contribution < 1.29 is 6.75 Å². The van der Waals surface area contributed by atoms with E-state index in [0.717, 1.165) is 5.56 Å². The first-order chi connectivity index (χ1) is 6.69. The Bertz CT molecular complexity index is 307. The zero-order chi connectivity index (χ0) is 10.6. The van der Waals surface area contributed by atoms with E-state index in [0.29, 0.717) is 15.0 Å². The van der Waals surface area contributed by atoms with Gasteiger partial charge in [0.15, 0.2) is 0 Å². The molecule has 0 aliphatic rings. The van der Waals surface area contributed by atoms with Crippen LogP contribution in [-0.4, -0.2) is 12.0 Å². The van der Waals surface area contributed by atoms with Gasteiger partial charge in [0.2, 0.25) is 0 Å². The molecule has 0 heterocycles. The number of hydrogen-bond acceptors (Lipinski definition) is 2. The Hall–Kier alpha value is 0.120. The molecule has 14 heavy (non-hydrogen) atoms. The molecule has 0 aromatic heterocycles. The van der Waals surface area contributed by atoms with Crippen LogP contribution in [0.15, 0.2) is 23.1 Å². The molecular weight excluding hydrogens is 319 g/mol. The molecule has 0 saturated heterocycles. The first-order valence-electron chi connectivity index (χ1n) is 4.01. The van der Waals surface area contributed by atoms with Crippen LogP contribution in [-0.2, 0) is 6.54 Å². The molecule has 1 aromatic carbocycles. The molecule has 1 aromatic rings. The standard InChI is InChI=1S/C9H12F2INS/c1-12(10)9-5-8(14-11)4-3-7(9)6-13-2/h3-5,13H,6H2,1-2H3. The van der Waals surface area contributed by atoms with Crippen molar-refractivity contribution in [2.75, 3.05) is 12.0 Å². The predicted octanol–water partition coefficient (Wildman–Crippen LogP) is 3.57. The van der Waals surface area contributed by atoms with Crippen molar-refractivity contribution in [2.24, 2.45) is 0 Å². The summed E-state index contributed by atoms with van der Waals surface area (Å²) in [6.45, 7) is 0.637. The van der Waals surface area contributed by atoms with E-state index >= 15 is 0 Å². The minimum atomic E-state index is -2.53. The molecule has 0 aliphatic heterocycles. The topological polar surface area (TPSA) is 12.0 Å². The Labute approximate surface area is 95.1 Å². The zero-order valence-electron chi connectivity index (χ0n) is 7.98. The Morgan fingerprint density at radius 3 is 2.71 bits per heavy atom. The monoisotopic (exact) mass is 331 g/mol. The van der Waals surface area contributed by atoms with Crippen molar-refractivity contribution in [3.8, 4) is 0 Å². The molecule has 0 fully saturated rings. The fourth-order valence-electron chi connectivity index (χ4n) is 1.15. The predicted molar refractivity (Wildman–Crippen MR) is 65.9 cm³/mol.